The molecule has 5 rings (SSSR count). The zero-order valence-electron chi connectivity index (χ0n) is 17.0. The smallest absolute Gasteiger partial charge is 0.233 e. The fraction of sp³-hybridized carbons (Fsp3) is 0.208. The van der Waals surface area contributed by atoms with Crippen LogP contribution in [-0.4, -0.2) is 52.7 Å². The van der Waals surface area contributed by atoms with Gasteiger partial charge in [-0.25, -0.2) is 9.97 Å². The number of amides is 1. The van der Waals surface area contributed by atoms with Gasteiger partial charge in [0.25, 0.3) is 0 Å². The molecule has 0 saturated carbocycles. The second-order valence-electron chi connectivity index (χ2n) is 7.37. The molecule has 1 aliphatic rings. The van der Waals surface area contributed by atoms with Gasteiger partial charge in [0.1, 0.15) is 16.2 Å². The predicted octanol–water partition coefficient (Wildman–Crippen LogP) is 4.80. The molecule has 1 saturated heterocycles. The molecular weight excluding hydrogens is 424 g/mol. The number of hydrogen-bond acceptors (Lipinski definition) is 6. The minimum atomic E-state index is 0.169. The number of hydrogen-bond donors (Lipinski definition) is 0. The summed E-state index contributed by atoms with van der Waals surface area (Å²) in [6, 6.07) is 22.8. The van der Waals surface area contributed by atoms with Gasteiger partial charge in [-0.05, 0) is 23.8 Å². The number of rotatable bonds is 5. The average Bonchev–Trinajstić information content (AvgIpc) is 3.29. The molecule has 7 heteroatoms. The molecular formula is C24H22N4OS2. The molecule has 0 bridgehead atoms. The van der Waals surface area contributed by atoms with Crippen molar-refractivity contribution in [1.82, 2.24) is 14.9 Å². The maximum absolute atomic E-state index is 12.8. The molecule has 1 aliphatic heterocycles. The third-order valence-corrected chi connectivity index (χ3v) is 7.52. The second-order valence-corrected chi connectivity index (χ2v) is 9.36. The Kier molecular flexibility index (Phi) is 5.86. The van der Waals surface area contributed by atoms with E-state index in [9.17, 15) is 4.79 Å². The van der Waals surface area contributed by atoms with E-state index in [4.69, 9.17) is 0 Å². The summed E-state index contributed by atoms with van der Waals surface area (Å²) in [5, 5.41) is 1.90. The summed E-state index contributed by atoms with van der Waals surface area (Å²) in [6.45, 7) is 3.24. The van der Waals surface area contributed by atoms with Gasteiger partial charge >= 0.3 is 0 Å². The molecule has 2 aromatic heterocycles. The topological polar surface area (TPSA) is 49.3 Å². The lowest BCUT2D eigenvalue weighted by atomic mass is 10.2. The molecule has 5 nitrogen and oxygen atoms in total. The van der Waals surface area contributed by atoms with Crippen LogP contribution in [0.5, 0.6) is 0 Å². The van der Waals surface area contributed by atoms with Crippen LogP contribution in [0.15, 0.2) is 78.1 Å². The molecule has 0 spiro atoms. The molecule has 2 aromatic carbocycles. The minimum Gasteiger partial charge on any atom is -0.368 e. The first-order valence-electron chi connectivity index (χ1n) is 10.3. The third-order valence-electron chi connectivity index (χ3n) is 5.44. The van der Waals surface area contributed by atoms with Crippen LogP contribution in [0.3, 0.4) is 0 Å². The Hall–Kier alpha value is -2.90. The van der Waals surface area contributed by atoms with E-state index >= 15 is 0 Å². The molecule has 156 valence electrons. The summed E-state index contributed by atoms with van der Waals surface area (Å²) in [7, 11) is 0. The highest BCUT2D eigenvalue weighted by molar-refractivity contribution is 8.00. The van der Waals surface area contributed by atoms with Gasteiger partial charge < -0.3 is 9.80 Å². The number of fused-ring (bicyclic) bond motifs is 1. The van der Waals surface area contributed by atoms with Crippen molar-refractivity contribution in [3.63, 3.8) is 0 Å². The third kappa shape index (κ3) is 4.43. The zero-order valence-corrected chi connectivity index (χ0v) is 18.6. The van der Waals surface area contributed by atoms with Crippen molar-refractivity contribution in [1.29, 1.82) is 0 Å². The molecule has 1 fully saturated rings. The summed E-state index contributed by atoms with van der Waals surface area (Å²) in [5.74, 6) is 0.566. The highest BCUT2D eigenvalue weighted by Crippen LogP contribution is 2.36. The number of nitrogens with zero attached hydrogens (tertiary/aromatic N) is 4. The molecule has 4 aromatic rings. The summed E-state index contributed by atoms with van der Waals surface area (Å²) >= 11 is 3.17. The Labute approximate surface area is 189 Å². The van der Waals surface area contributed by atoms with E-state index in [0.29, 0.717) is 5.75 Å². The maximum atomic E-state index is 12.8. The maximum Gasteiger partial charge on any atom is 0.233 e. The first kappa shape index (κ1) is 20.0. The van der Waals surface area contributed by atoms with Crippen LogP contribution in [0.1, 0.15) is 0 Å². The van der Waals surface area contributed by atoms with E-state index in [1.54, 1.807) is 17.7 Å². The highest BCUT2D eigenvalue weighted by atomic mass is 32.2. The lowest BCUT2D eigenvalue weighted by Gasteiger charge is -2.36. The normalized spacial score (nSPS) is 14.2. The van der Waals surface area contributed by atoms with Crippen molar-refractivity contribution >= 4 is 44.9 Å². The largest absolute Gasteiger partial charge is 0.368 e. The second kappa shape index (κ2) is 9.08. The van der Waals surface area contributed by atoms with Crippen LogP contribution in [0.4, 0.5) is 5.69 Å². The number of aromatic nitrogens is 2. The van der Waals surface area contributed by atoms with Gasteiger partial charge in [0.2, 0.25) is 5.91 Å². The Morgan fingerprint density at radius 3 is 2.39 bits per heavy atom. The standard InChI is InChI=1S/C24H22N4OS2/c29-22(28-13-11-27(12-14-28)19-9-5-2-6-10-19)16-30-23-20-15-21(18-7-3-1-4-8-18)31-24(20)26-17-25-23/h1-10,15,17H,11-14,16H2. The van der Waals surface area contributed by atoms with E-state index in [0.717, 1.165) is 41.4 Å². The van der Waals surface area contributed by atoms with Crippen molar-refractivity contribution in [2.45, 2.75) is 5.03 Å². The number of benzene rings is 2. The van der Waals surface area contributed by atoms with Crippen LogP contribution < -0.4 is 4.90 Å². The van der Waals surface area contributed by atoms with Gasteiger partial charge in [-0.1, -0.05) is 60.3 Å². The SMILES string of the molecule is O=C(CSc1ncnc2sc(-c3ccccc3)cc12)N1CCN(c2ccccc2)CC1. The Bertz CT molecular complexity index is 1170. The van der Waals surface area contributed by atoms with Crippen molar-refractivity contribution in [2.75, 3.05) is 36.8 Å². The molecule has 31 heavy (non-hydrogen) atoms. The average molecular weight is 447 g/mol. The van der Waals surface area contributed by atoms with E-state index in [1.165, 1.54) is 27.9 Å². The van der Waals surface area contributed by atoms with Crippen molar-refractivity contribution in [3.05, 3.63) is 73.1 Å². The van der Waals surface area contributed by atoms with Gasteiger partial charge in [-0.2, -0.15) is 0 Å². The molecule has 0 N–H and O–H groups in total. The number of anilines is 1. The van der Waals surface area contributed by atoms with Crippen LogP contribution in [0.2, 0.25) is 0 Å². The van der Waals surface area contributed by atoms with E-state index < -0.39 is 0 Å². The lowest BCUT2D eigenvalue weighted by Crippen LogP contribution is -2.49. The van der Waals surface area contributed by atoms with Gasteiger partial charge in [0.05, 0.1) is 5.75 Å². The van der Waals surface area contributed by atoms with Crippen LogP contribution in [0.25, 0.3) is 20.7 Å². The Morgan fingerprint density at radius 2 is 1.65 bits per heavy atom. The number of carbonyl (C=O) groups is 1. The molecule has 0 radical (unpaired) electrons. The van der Waals surface area contributed by atoms with Crippen LogP contribution >= 0.6 is 23.1 Å². The van der Waals surface area contributed by atoms with Crippen molar-refractivity contribution < 1.29 is 4.79 Å². The van der Waals surface area contributed by atoms with Crippen LogP contribution in [-0.2, 0) is 4.79 Å². The van der Waals surface area contributed by atoms with Crippen molar-refractivity contribution in [3.8, 4) is 10.4 Å². The monoisotopic (exact) mass is 446 g/mol. The lowest BCUT2D eigenvalue weighted by molar-refractivity contribution is -0.128. The first-order chi connectivity index (χ1) is 15.3. The molecule has 3 heterocycles. The molecule has 0 unspecified atom stereocenters. The van der Waals surface area contributed by atoms with Gasteiger partial charge in [0.15, 0.2) is 0 Å². The summed E-state index contributed by atoms with van der Waals surface area (Å²) in [4.78, 5) is 28.1. The van der Waals surface area contributed by atoms with Gasteiger partial charge in [0, 0.05) is 42.1 Å². The molecule has 0 atom stereocenters. The van der Waals surface area contributed by atoms with Gasteiger partial charge in [-0.15, -0.1) is 11.3 Å². The fourth-order valence-corrected chi connectivity index (χ4v) is 5.71. The summed E-state index contributed by atoms with van der Waals surface area (Å²) in [5.41, 5.74) is 2.40. The van der Waals surface area contributed by atoms with Crippen LogP contribution in [0, 0.1) is 0 Å². The Balaban J connectivity index is 1.23. The summed E-state index contributed by atoms with van der Waals surface area (Å²) < 4.78 is 0. The number of thioether (sulfide) groups is 1. The molecule has 1 amide bonds. The summed E-state index contributed by atoms with van der Waals surface area (Å²) in [6.07, 6.45) is 1.60. The fourth-order valence-electron chi connectivity index (χ4n) is 3.77. The van der Waals surface area contributed by atoms with E-state index in [1.807, 2.05) is 29.2 Å². The van der Waals surface area contributed by atoms with E-state index in [-0.39, 0.29) is 5.91 Å². The Morgan fingerprint density at radius 1 is 0.935 bits per heavy atom. The first-order valence-corrected chi connectivity index (χ1v) is 12.1. The quantitative estimate of drug-likeness (QED) is 0.326. The minimum absolute atomic E-state index is 0.169. The van der Waals surface area contributed by atoms with Gasteiger partial charge in [-0.3, -0.25) is 4.79 Å². The number of thiophene rings is 1. The predicted molar refractivity (Wildman–Crippen MR) is 129 cm³/mol. The molecule has 0 aliphatic carbocycles. The number of carbonyl (C=O) groups excluding carboxylic acids is 1. The van der Waals surface area contributed by atoms with Crippen molar-refractivity contribution in [2.24, 2.45) is 0 Å². The zero-order chi connectivity index (χ0) is 21.0. The number of piperazine rings is 1. The van der Waals surface area contributed by atoms with E-state index in [2.05, 4.69) is 57.3 Å². The highest BCUT2D eigenvalue weighted by Gasteiger charge is 2.22. The number of para-hydroxylation sites is 1.